The van der Waals surface area contributed by atoms with Crippen molar-refractivity contribution in [2.75, 3.05) is 11.5 Å². The number of nitrogens with zero attached hydrogens (tertiary/aromatic N) is 1. The van der Waals surface area contributed by atoms with E-state index in [4.69, 9.17) is 16.3 Å². The quantitative estimate of drug-likeness (QED) is 0.616. The van der Waals surface area contributed by atoms with Gasteiger partial charge in [-0.2, -0.15) is 0 Å². The van der Waals surface area contributed by atoms with Crippen LogP contribution in [0.15, 0.2) is 42.5 Å². The molecule has 1 aliphatic rings. The Morgan fingerprint density at radius 3 is 2.24 bits per heavy atom. The molecular formula is C19H16ClNO4. The third kappa shape index (κ3) is 2.91. The van der Waals surface area contributed by atoms with Crippen molar-refractivity contribution in [1.82, 2.24) is 0 Å². The molecule has 0 bridgehead atoms. The number of carbonyl (C=O) groups excluding carboxylic acids is 3. The molecule has 1 aliphatic heterocycles. The monoisotopic (exact) mass is 357 g/mol. The van der Waals surface area contributed by atoms with Gasteiger partial charge >= 0.3 is 5.97 Å². The maximum Gasteiger partial charge on any atom is 0.313 e. The largest absolute Gasteiger partial charge is 0.466 e. The number of carbonyl (C=O) groups is 3. The van der Waals surface area contributed by atoms with Crippen molar-refractivity contribution in [3.8, 4) is 0 Å². The summed E-state index contributed by atoms with van der Waals surface area (Å²) in [5.41, 5.74) is 1.66. The van der Waals surface area contributed by atoms with Crippen LogP contribution < -0.4 is 4.90 Å². The van der Waals surface area contributed by atoms with E-state index in [0.29, 0.717) is 29.0 Å². The molecule has 25 heavy (non-hydrogen) atoms. The fourth-order valence-electron chi connectivity index (χ4n) is 2.79. The van der Waals surface area contributed by atoms with E-state index in [0.717, 1.165) is 4.90 Å². The third-order valence-electron chi connectivity index (χ3n) is 4.15. The average molecular weight is 358 g/mol. The summed E-state index contributed by atoms with van der Waals surface area (Å²) in [6.45, 7) is 3.75. The predicted octanol–water partition coefficient (Wildman–Crippen LogP) is 3.81. The van der Waals surface area contributed by atoms with Gasteiger partial charge in [-0.05, 0) is 43.7 Å². The summed E-state index contributed by atoms with van der Waals surface area (Å²) < 4.78 is 5.00. The highest BCUT2D eigenvalue weighted by molar-refractivity contribution is 6.39. The molecule has 0 spiro atoms. The molecule has 6 heteroatoms. The van der Waals surface area contributed by atoms with Crippen LogP contribution in [0.5, 0.6) is 0 Å². The molecule has 1 unspecified atom stereocenters. The number of ether oxygens (including phenoxy) is 1. The molecule has 2 aromatic carbocycles. The number of amides is 2. The van der Waals surface area contributed by atoms with Crippen LogP contribution in [0.3, 0.4) is 0 Å². The Labute approximate surface area is 150 Å². The van der Waals surface area contributed by atoms with Gasteiger partial charge in [-0.15, -0.1) is 0 Å². The molecule has 0 aromatic heterocycles. The van der Waals surface area contributed by atoms with Gasteiger partial charge in [0, 0.05) is 0 Å². The lowest BCUT2D eigenvalue weighted by molar-refractivity contribution is -0.144. The van der Waals surface area contributed by atoms with Crippen LogP contribution >= 0.6 is 11.6 Å². The maximum absolute atomic E-state index is 12.5. The van der Waals surface area contributed by atoms with E-state index in [1.165, 1.54) is 0 Å². The molecule has 0 fully saturated rings. The molecule has 128 valence electrons. The predicted molar refractivity (Wildman–Crippen MR) is 94.1 cm³/mol. The van der Waals surface area contributed by atoms with Crippen molar-refractivity contribution in [1.29, 1.82) is 0 Å². The first-order chi connectivity index (χ1) is 12.0. The maximum atomic E-state index is 12.5. The summed E-state index contributed by atoms with van der Waals surface area (Å²) in [5.74, 6) is -1.66. The van der Waals surface area contributed by atoms with Crippen LogP contribution in [-0.2, 0) is 9.53 Å². The normalized spacial score (nSPS) is 14.4. The van der Waals surface area contributed by atoms with E-state index in [1.807, 2.05) is 0 Å². The van der Waals surface area contributed by atoms with Gasteiger partial charge in [-0.1, -0.05) is 29.8 Å². The van der Waals surface area contributed by atoms with E-state index in [-0.39, 0.29) is 11.0 Å². The number of anilines is 1. The minimum absolute atomic E-state index is 0.225. The number of fused-ring (bicyclic) bond motifs is 1. The summed E-state index contributed by atoms with van der Waals surface area (Å²) >= 11 is 6.31. The zero-order valence-electron chi connectivity index (χ0n) is 13.8. The molecule has 0 N–H and O–H groups in total. The zero-order chi connectivity index (χ0) is 18.1. The van der Waals surface area contributed by atoms with Gasteiger partial charge in [0.05, 0.1) is 34.4 Å². The van der Waals surface area contributed by atoms with Crippen LogP contribution in [0, 0.1) is 0 Å². The number of imide groups is 1. The molecule has 0 saturated carbocycles. The Morgan fingerprint density at radius 2 is 1.72 bits per heavy atom. The van der Waals surface area contributed by atoms with Crippen LogP contribution in [0.1, 0.15) is 46.0 Å². The first kappa shape index (κ1) is 17.2. The number of hydrogen-bond acceptors (Lipinski definition) is 4. The zero-order valence-corrected chi connectivity index (χ0v) is 14.5. The van der Waals surface area contributed by atoms with Crippen molar-refractivity contribution in [2.24, 2.45) is 0 Å². The molecule has 0 radical (unpaired) electrons. The molecule has 0 saturated heterocycles. The second kappa shape index (κ2) is 6.69. The van der Waals surface area contributed by atoms with Gasteiger partial charge in [0.15, 0.2) is 0 Å². The third-order valence-corrected chi connectivity index (χ3v) is 4.45. The first-order valence-corrected chi connectivity index (χ1v) is 8.27. The fraction of sp³-hybridized carbons (Fsp3) is 0.211. The Morgan fingerprint density at radius 1 is 1.12 bits per heavy atom. The van der Waals surface area contributed by atoms with Crippen molar-refractivity contribution < 1.29 is 19.1 Å². The lowest BCUT2D eigenvalue weighted by Gasteiger charge is -2.18. The Hall–Kier alpha value is -2.66. The molecule has 1 heterocycles. The summed E-state index contributed by atoms with van der Waals surface area (Å²) in [5, 5.41) is 0.225. The lowest BCUT2D eigenvalue weighted by Crippen LogP contribution is -2.29. The molecule has 2 amide bonds. The molecule has 3 rings (SSSR count). The van der Waals surface area contributed by atoms with Crippen molar-refractivity contribution >= 4 is 35.1 Å². The van der Waals surface area contributed by atoms with Gasteiger partial charge in [0.1, 0.15) is 0 Å². The fourth-order valence-corrected chi connectivity index (χ4v) is 3.06. The van der Waals surface area contributed by atoms with Gasteiger partial charge in [0.2, 0.25) is 0 Å². The highest BCUT2D eigenvalue weighted by Gasteiger charge is 2.37. The van der Waals surface area contributed by atoms with E-state index < -0.39 is 17.7 Å². The van der Waals surface area contributed by atoms with Gasteiger partial charge in [0.25, 0.3) is 11.8 Å². The summed E-state index contributed by atoms with van der Waals surface area (Å²) in [4.78, 5) is 38.0. The number of esters is 1. The van der Waals surface area contributed by atoms with Crippen molar-refractivity contribution in [3.63, 3.8) is 0 Å². The number of halogens is 1. The van der Waals surface area contributed by atoms with Crippen molar-refractivity contribution in [2.45, 2.75) is 19.8 Å². The van der Waals surface area contributed by atoms with Crippen LogP contribution in [0.25, 0.3) is 0 Å². The summed E-state index contributed by atoms with van der Waals surface area (Å²) in [7, 11) is 0. The van der Waals surface area contributed by atoms with Crippen LogP contribution in [0.4, 0.5) is 5.69 Å². The average Bonchev–Trinajstić information content (AvgIpc) is 2.86. The second-order valence-electron chi connectivity index (χ2n) is 5.68. The highest BCUT2D eigenvalue weighted by Crippen LogP contribution is 2.35. The summed E-state index contributed by atoms with van der Waals surface area (Å²) in [6.07, 6.45) is 0. The number of rotatable bonds is 4. The van der Waals surface area contributed by atoms with Gasteiger partial charge in [-0.25, -0.2) is 4.90 Å². The van der Waals surface area contributed by atoms with E-state index in [2.05, 4.69) is 0 Å². The highest BCUT2D eigenvalue weighted by atomic mass is 35.5. The Kier molecular flexibility index (Phi) is 4.59. The molecule has 0 aliphatic carbocycles. The Balaban J connectivity index is 1.94. The smallest absolute Gasteiger partial charge is 0.313 e. The second-order valence-corrected chi connectivity index (χ2v) is 6.08. The van der Waals surface area contributed by atoms with Crippen LogP contribution in [0.2, 0.25) is 5.02 Å². The SMILES string of the molecule is CCOC(=O)C(C)c1ccc(N2C(=O)c3ccccc3C2=O)c(Cl)c1. The topological polar surface area (TPSA) is 63.7 Å². The first-order valence-electron chi connectivity index (χ1n) is 7.89. The van der Waals surface area contributed by atoms with E-state index in [9.17, 15) is 14.4 Å². The van der Waals surface area contributed by atoms with Gasteiger partial charge < -0.3 is 4.74 Å². The lowest BCUT2D eigenvalue weighted by atomic mass is 10.0. The Bertz CT molecular complexity index is 842. The standard InChI is InChI=1S/C19H16ClNO4/c1-3-25-19(24)11(2)12-8-9-16(15(20)10-12)21-17(22)13-6-4-5-7-14(13)18(21)23/h4-11H,3H2,1-2H3. The van der Waals surface area contributed by atoms with Gasteiger partial charge in [-0.3, -0.25) is 14.4 Å². The molecule has 1 atom stereocenters. The summed E-state index contributed by atoms with van der Waals surface area (Å²) in [6, 6.07) is 11.5. The van der Waals surface area contributed by atoms with Crippen molar-refractivity contribution in [3.05, 3.63) is 64.2 Å². The minimum Gasteiger partial charge on any atom is -0.466 e. The molecule has 5 nitrogen and oxygen atoms in total. The van der Waals surface area contributed by atoms with E-state index >= 15 is 0 Å². The minimum atomic E-state index is -0.492. The molecular weight excluding hydrogens is 342 g/mol. The van der Waals surface area contributed by atoms with Crippen LogP contribution in [-0.4, -0.2) is 24.4 Å². The molecule has 2 aromatic rings. The van der Waals surface area contributed by atoms with E-state index in [1.54, 1.807) is 56.3 Å². The number of hydrogen-bond donors (Lipinski definition) is 0. The number of benzene rings is 2.